The minimum atomic E-state index is -0.447. The van der Waals surface area contributed by atoms with E-state index in [2.05, 4.69) is 33.3 Å². The molecule has 1 N–H and O–H groups in total. The smallest absolute Gasteiger partial charge is 0.281 e. The third-order valence-electron chi connectivity index (χ3n) is 5.76. The van der Waals surface area contributed by atoms with Gasteiger partial charge >= 0.3 is 0 Å². The number of carbonyl (C=O) groups excluding carboxylic acids is 1. The van der Waals surface area contributed by atoms with E-state index < -0.39 is 4.92 Å². The van der Waals surface area contributed by atoms with Crippen LogP contribution >= 0.6 is 11.3 Å². The zero-order valence-electron chi connectivity index (χ0n) is 18.3. The van der Waals surface area contributed by atoms with Gasteiger partial charge in [-0.3, -0.25) is 14.9 Å². The van der Waals surface area contributed by atoms with Crippen LogP contribution in [0.25, 0.3) is 21.0 Å². The first-order chi connectivity index (χ1) is 16.5. The van der Waals surface area contributed by atoms with E-state index in [1.165, 1.54) is 29.0 Å². The quantitative estimate of drug-likeness (QED) is 0.192. The Morgan fingerprint density at radius 2 is 1.85 bits per heavy atom. The van der Waals surface area contributed by atoms with E-state index in [4.69, 9.17) is 0 Å². The van der Waals surface area contributed by atoms with E-state index in [9.17, 15) is 14.9 Å². The van der Waals surface area contributed by atoms with Crippen molar-refractivity contribution in [1.29, 1.82) is 0 Å². The van der Waals surface area contributed by atoms with Gasteiger partial charge in [0.05, 0.1) is 16.0 Å². The van der Waals surface area contributed by atoms with E-state index in [0.29, 0.717) is 10.3 Å². The maximum absolute atomic E-state index is 12.7. The Labute approximate surface area is 199 Å². The molecule has 0 aliphatic rings. The van der Waals surface area contributed by atoms with Gasteiger partial charge in [0.25, 0.3) is 11.6 Å². The molecule has 168 valence electrons. The van der Waals surface area contributed by atoms with Gasteiger partial charge in [-0.1, -0.05) is 48.5 Å². The van der Waals surface area contributed by atoms with Gasteiger partial charge in [0.1, 0.15) is 0 Å². The first-order valence-electron chi connectivity index (χ1n) is 10.6. The van der Waals surface area contributed by atoms with Crippen molar-refractivity contribution >= 4 is 50.1 Å². The number of amides is 1. The third kappa shape index (κ3) is 4.06. The molecule has 3 aromatic carbocycles. The molecule has 5 aromatic rings. The monoisotopic (exact) mass is 468 g/mol. The fourth-order valence-electron chi connectivity index (χ4n) is 4.06. The molecule has 0 bridgehead atoms. The molecule has 0 spiro atoms. The summed E-state index contributed by atoms with van der Waals surface area (Å²) in [5.41, 5.74) is 6.89. The van der Waals surface area contributed by atoms with E-state index >= 15 is 0 Å². The molecule has 0 aliphatic heterocycles. The first-order valence-corrected chi connectivity index (χ1v) is 11.5. The lowest BCUT2D eigenvalue weighted by molar-refractivity contribution is -0.384. The Kier molecular flexibility index (Phi) is 5.65. The summed E-state index contributed by atoms with van der Waals surface area (Å²) in [7, 11) is 0. The summed E-state index contributed by atoms with van der Waals surface area (Å²) in [4.78, 5) is 23.7. The second kappa shape index (κ2) is 8.92. The molecule has 0 saturated heterocycles. The van der Waals surface area contributed by atoms with Crippen LogP contribution < -0.4 is 5.43 Å². The average Bonchev–Trinajstić information content (AvgIpc) is 3.39. The van der Waals surface area contributed by atoms with Crippen LogP contribution in [0.3, 0.4) is 0 Å². The van der Waals surface area contributed by atoms with Gasteiger partial charge in [0.15, 0.2) is 0 Å². The van der Waals surface area contributed by atoms with Gasteiger partial charge in [0, 0.05) is 50.9 Å². The van der Waals surface area contributed by atoms with Crippen LogP contribution in [0.1, 0.15) is 26.5 Å². The first kappa shape index (κ1) is 21.5. The number of aromatic nitrogens is 1. The number of hydrogen-bond donors (Lipinski definition) is 1. The van der Waals surface area contributed by atoms with Gasteiger partial charge in [-0.15, -0.1) is 11.3 Å². The second-order valence-corrected chi connectivity index (χ2v) is 8.96. The molecule has 0 aliphatic carbocycles. The lowest BCUT2D eigenvalue weighted by atomic mass is 10.1. The van der Waals surface area contributed by atoms with E-state index in [-0.39, 0.29) is 11.6 Å². The number of nitro benzene ring substituents is 1. The van der Waals surface area contributed by atoms with Crippen LogP contribution in [0.4, 0.5) is 5.69 Å². The molecule has 7 nitrogen and oxygen atoms in total. The van der Waals surface area contributed by atoms with Crippen LogP contribution in [-0.2, 0) is 6.54 Å². The van der Waals surface area contributed by atoms with Crippen molar-refractivity contribution in [2.24, 2.45) is 5.10 Å². The summed E-state index contributed by atoms with van der Waals surface area (Å²) in [6, 6.07) is 24.6. The number of nitrogens with zero attached hydrogens (tertiary/aromatic N) is 3. The average molecular weight is 469 g/mol. The van der Waals surface area contributed by atoms with Gasteiger partial charge in [-0.2, -0.15) is 5.10 Å². The predicted octanol–water partition coefficient (Wildman–Crippen LogP) is 5.88. The summed E-state index contributed by atoms with van der Waals surface area (Å²) in [6.07, 6.45) is 1.68. The summed E-state index contributed by atoms with van der Waals surface area (Å²) in [5, 5.41) is 16.9. The van der Waals surface area contributed by atoms with Crippen molar-refractivity contribution in [3.8, 4) is 0 Å². The van der Waals surface area contributed by atoms with Crippen LogP contribution in [0, 0.1) is 17.0 Å². The molecule has 0 radical (unpaired) electrons. The van der Waals surface area contributed by atoms with Crippen LogP contribution in [0.15, 0.2) is 84.0 Å². The zero-order valence-corrected chi connectivity index (χ0v) is 19.1. The lowest BCUT2D eigenvalue weighted by Gasteiger charge is -2.08. The second-order valence-electron chi connectivity index (χ2n) is 7.88. The number of hydrazone groups is 1. The molecule has 8 heteroatoms. The number of para-hydroxylation sites is 1. The highest BCUT2D eigenvalue weighted by Crippen LogP contribution is 2.29. The summed E-state index contributed by atoms with van der Waals surface area (Å²) in [6.45, 7) is 2.78. The fourth-order valence-corrected chi connectivity index (χ4v) is 4.99. The van der Waals surface area contributed by atoms with E-state index in [1.54, 1.807) is 18.3 Å². The predicted molar refractivity (Wildman–Crippen MR) is 136 cm³/mol. The molecular formula is C26H20N4O3S. The Bertz CT molecular complexity index is 1570. The topological polar surface area (TPSA) is 89.5 Å². The van der Waals surface area contributed by atoms with Gasteiger partial charge in [-0.25, -0.2) is 5.43 Å². The minimum absolute atomic E-state index is 0.00218. The van der Waals surface area contributed by atoms with Gasteiger partial charge in [-0.05, 0) is 30.7 Å². The van der Waals surface area contributed by atoms with Gasteiger partial charge < -0.3 is 4.57 Å². The molecule has 0 saturated carbocycles. The lowest BCUT2D eigenvalue weighted by Crippen LogP contribution is -2.16. The summed E-state index contributed by atoms with van der Waals surface area (Å²) >= 11 is 1.27. The summed E-state index contributed by atoms with van der Waals surface area (Å²) < 4.78 is 3.05. The molecule has 0 atom stereocenters. The molecule has 5 rings (SSSR count). The minimum Gasteiger partial charge on any atom is -0.340 e. The molecule has 0 fully saturated rings. The Hall–Kier alpha value is -4.30. The Morgan fingerprint density at radius 1 is 1.09 bits per heavy atom. The van der Waals surface area contributed by atoms with Crippen LogP contribution in [0.5, 0.6) is 0 Å². The van der Waals surface area contributed by atoms with E-state index in [1.807, 2.05) is 43.3 Å². The van der Waals surface area contributed by atoms with Crippen LogP contribution in [-0.4, -0.2) is 21.6 Å². The van der Waals surface area contributed by atoms with Crippen molar-refractivity contribution in [2.45, 2.75) is 13.5 Å². The molecule has 0 unspecified atom stereocenters. The zero-order chi connectivity index (χ0) is 23.7. The number of carbonyl (C=O) groups is 1. The van der Waals surface area contributed by atoms with Crippen molar-refractivity contribution in [3.05, 3.63) is 111 Å². The van der Waals surface area contributed by atoms with E-state index in [0.717, 1.165) is 33.4 Å². The number of hydrogen-bond acceptors (Lipinski definition) is 5. The highest BCUT2D eigenvalue weighted by molar-refractivity contribution is 7.20. The molecule has 34 heavy (non-hydrogen) atoms. The van der Waals surface area contributed by atoms with Crippen molar-refractivity contribution < 1.29 is 9.72 Å². The number of fused-ring (bicyclic) bond motifs is 2. The SMILES string of the molecule is Cc1c(/C=N\NC(=O)c2cc3cc([N+](=O)[O-])ccc3s2)c2ccccc2n1Cc1ccccc1. The Morgan fingerprint density at radius 3 is 2.65 bits per heavy atom. The number of benzene rings is 3. The normalized spacial score (nSPS) is 11.4. The molecule has 2 aromatic heterocycles. The maximum Gasteiger partial charge on any atom is 0.281 e. The highest BCUT2D eigenvalue weighted by Gasteiger charge is 2.15. The number of non-ortho nitro benzene ring substituents is 1. The third-order valence-corrected chi connectivity index (χ3v) is 6.87. The number of rotatable bonds is 6. The summed E-state index contributed by atoms with van der Waals surface area (Å²) in [5.74, 6) is -0.356. The molecule has 2 heterocycles. The van der Waals surface area contributed by atoms with Crippen molar-refractivity contribution in [1.82, 2.24) is 9.99 Å². The van der Waals surface area contributed by atoms with Crippen LogP contribution in [0.2, 0.25) is 0 Å². The molecule has 1 amide bonds. The number of nitro groups is 1. The standard InChI is InChI=1S/C26H20N4O3S/c1-17-22(21-9-5-6-10-23(21)29(17)16-18-7-3-2-4-8-18)15-27-28-26(31)25-14-19-13-20(30(32)33)11-12-24(19)34-25/h2-15H,16H2,1H3,(H,28,31)/b27-15-. The Balaban J connectivity index is 1.40. The fraction of sp³-hybridized carbons (Fsp3) is 0.0769. The van der Waals surface area contributed by atoms with Crippen molar-refractivity contribution in [2.75, 3.05) is 0 Å². The number of nitrogens with one attached hydrogen (secondary N) is 1. The van der Waals surface area contributed by atoms with Crippen molar-refractivity contribution in [3.63, 3.8) is 0 Å². The maximum atomic E-state index is 12.7. The molecular weight excluding hydrogens is 448 g/mol. The number of thiophene rings is 1. The van der Waals surface area contributed by atoms with Gasteiger partial charge in [0.2, 0.25) is 0 Å². The highest BCUT2D eigenvalue weighted by atomic mass is 32.1. The largest absolute Gasteiger partial charge is 0.340 e.